The van der Waals surface area contributed by atoms with Crippen molar-refractivity contribution in [2.24, 2.45) is 0 Å². The monoisotopic (exact) mass is 326 g/mol. The first-order valence-electron chi connectivity index (χ1n) is 7.52. The van der Waals surface area contributed by atoms with E-state index in [1.807, 2.05) is 18.2 Å². The van der Waals surface area contributed by atoms with Crippen LogP contribution in [-0.2, 0) is 20.7 Å². The average molecular weight is 326 g/mol. The topological polar surface area (TPSA) is 121 Å². The zero-order valence-corrected chi connectivity index (χ0v) is 12.7. The Morgan fingerprint density at radius 3 is 2.87 bits per heavy atom. The van der Waals surface area contributed by atoms with Crippen LogP contribution >= 0.6 is 0 Å². The Bertz CT molecular complexity index is 486. The molecule has 1 fully saturated rings. The highest BCUT2D eigenvalue weighted by atomic mass is 16.7. The highest BCUT2D eigenvalue weighted by Gasteiger charge is 2.43. The summed E-state index contributed by atoms with van der Waals surface area (Å²) in [6.07, 6.45) is -1.83. The Morgan fingerprint density at radius 1 is 1.39 bits per heavy atom. The van der Waals surface area contributed by atoms with Gasteiger partial charge >= 0.3 is 0 Å². The predicted molar refractivity (Wildman–Crippen MR) is 79.3 cm³/mol. The number of ether oxygens (including phenoxy) is 2. The summed E-state index contributed by atoms with van der Waals surface area (Å²) >= 11 is 0. The first kappa shape index (κ1) is 17.8. The fourth-order valence-corrected chi connectivity index (χ4v) is 2.30. The molecule has 2 heterocycles. The van der Waals surface area contributed by atoms with Crippen molar-refractivity contribution in [3.8, 4) is 0 Å². The third kappa shape index (κ3) is 5.22. The van der Waals surface area contributed by atoms with Crippen LogP contribution in [0.25, 0.3) is 0 Å². The summed E-state index contributed by atoms with van der Waals surface area (Å²) < 4.78 is 10.2. The highest BCUT2D eigenvalue weighted by Crippen LogP contribution is 2.22. The summed E-state index contributed by atoms with van der Waals surface area (Å²) in [4.78, 5) is 15.8. The molecular formula is C15H22N2O6. The molecule has 1 aliphatic rings. The lowest BCUT2D eigenvalue weighted by atomic mass is 10.1. The molecule has 1 saturated heterocycles. The van der Waals surface area contributed by atoms with E-state index in [4.69, 9.17) is 14.6 Å². The van der Waals surface area contributed by atoms with Gasteiger partial charge in [0.1, 0.15) is 18.3 Å². The SMILES string of the molecule is O=C(CCO[C@H]1[C@@H](O)[C@@H](CO)O[C@H]1O)NCCc1ccccn1. The molecule has 0 radical (unpaired) electrons. The van der Waals surface area contributed by atoms with E-state index in [1.165, 1.54) is 0 Å². The van der Waals surface area contributed by atoms with Crippen molar-refractivity contribution < 1.29 is 29.6 Å². The van der Waals surface area contributed by atoms with E-state index in [0.717, 1.165) is 5.69 Å². The first-order chi connectivity index (χ1) is 11.1. The van der Waals surface area contributed by atoms with E-state index in [1.54, 1.807) is 6.20 Å². The molecule has 1 aromatic heterocycles. The summed E-state index contributed by atoms with van der Waals surface area (Å²) in [6, 6.07) is 5.60. The number of hydrogen-bond donors (Lipinski definition) is 4. The molecule has 4 N–H and O–H groups in total. The molecule has 4 atom stereocenters. The van der Waals surface area contributed by atoms with Crippen LogP contribution in [0.2, 0.25) is 0 Å². The Balaban J connectivity index is 1.61. The molecule has 0 bridgehead atoms. The zero-order chi connectivity index (χ0) is 16.7. The van der Waals surface area contributed by atoms with Gasteiger partial charge in [0, 0.05) is 31.3 Å². The van der Waals surface area contributed by atoms with Crippen molar-refractivity contribution in [2.45, 2.75) is 37.4 Å². The number of aromatic nitrogens is 1. The Morgan fingerprint density at radius 2 is 2.22 bits per heavy atom. The number of carbonyl (C=O) groups excluding carboxylic acids is 1. The van der Waals surface area contributed by atoms with Gasteiger partial charge in [-0.15, -0.1) is 0 Å². The third-order valence-electron chi connectivity index (χ3n) is 3.56. The molecule has 128 valence electrons. The number of aliphatic hydroxyl groups is 3. The molecule has 8 nitrogen and oxygen atoms in total. The van der Waals surface area contributed by atoms with Gasteiger partial charge in [-0.25, -0.2) is 0 Å². The van der Waals surface area contributed by atoms with Crippen LogP contribution in [0.5, 0.6) is 0 Å². The summed E-state index contributed by atoms with van der Waals surface area (Å²) in [6.45, 7) is 0.0992. The molecule has 23 heavy (non-hydrogen) atoms. The minimum atomic E-state index is -1.31. The van der Waals surface area contributed by atoms with E-state index in [-0.39, 0.29) is 18.9 Å². The Kier molecular flexibility index (Phi) is 6.87. The second-order valence-electron chi connectivity index (χ2n) is 5.24. The van der Waals surface area contributed by atoms with Gasteiger partial charge in [0.2, 0.25) is 5.91 Å². The number of nitrogens with zero attached hydrogens (tertiary/aromatic N) is 1. The van der Waals surface area contributed by atoms with E-state index >= 15 is 0 Å². The minimum absolute atomic E-state index is 0.0374. The highest BCUT2D eigenvalue weighted by molar-refractivity contribution is 5.75. The van der Waals surface area contributed by atoms with Crippen LogP contribution in [0.4, 0.5) is 0 Å². The van der Waals surface area contributed by atoms with Gasteiger partial charge in [-0.1, -0.05) is 6.07 Å². The van der Waals surface area contributed by atoms with Crippen LogP contribution in [0.15, 0.2) is 24.4 Å². The maximum atomic E-state index is 11.7. The summed E-state index contributed by atoms with van der Waals surface area (Å²) in [7, 11) is 0. The predicted octanol–water partition coefficient (Wildman–Crippen LogP) is -1.41. The van der Waals surface area contributed by atoms with Crippen molar-refractivity contribution in [1.29, 1.82) is 0 Å². The molecule has 2 rings (SSSR count). The molecule has 0 spiro atoms. The van der Waals surface area contributed by atoms with E-state index in [2.05, 4.69) is 10.3 Å². The lowest BCUT2D eigenvalue weighted by molar-refractivity contribution is -0.149. The minimum Gasteiger partial charge on any atom is -0.394 e. The van der Waals surface area contributed by atoms with Crippen LogP contribution in [0.3, 0.4) is 0 Å². The van der Waals surface area contributed by atoms with Gasteiger partial charge in [-0.3, -0.25) is 9.78 Å². The lowest BCUT2D eigenvalue weighted by Gasteiger charge is -2.17. The maximum absolute atomic E-state index is 11.7. The van der Waals surface area contributed by atoms with E-state index in [9.17, 15) is 15.0 Å². The molecule has 0 aliphatic carbocycles. The molecule has 1 aromatic rings. The third-order valence-corrected chi connectivity index (χ3v) is 3.56. The number of pyridine rings is 1. The van der Waals surface area contributed by atoms with Crippen molar-refractivity contribution in [3.05, 3.63) is 30.1 Å². The average Bonchev–Trinajstić information content (AvgIpc) is 2.83. The van der Waals surface area contributed by atoms with Crippen molar-refractivity contribution >= 4 is 5.91 Å². The van der Waals surface area contributed by atoms with Gasteiger partial charge < -0.3 is 30.1 Å². The number of hydrogen-bond acceptors (Lipinski definition) is 7. The van der Waals surface area contributed by atoms with Crippen LogP contribution < -0.4 is 5.32 Å². The molecule has 0 aromatic carbocycles. The van der Waals surface area contributed by atoms with Crippen LogP contribution in [0.1, 0.15) is 12.1 Å². The normalized spacial score (nSPS) is 27.1. The second kappa shape index (κ2) is 8.90. The summed E-state index contributed by atoms with van der Waals surface area (Å²) in [5.74, 6) is -0.192. The molecular weight excluding hydrogens is 304 g/mol. The van der Waals surface area contributed by atoms with Crippen LogP contribution in [-0.4, -0.2) is 70.6 Å². The van der Waals surface area contributed by atoms with Gasteiger partial charge in [0.25, 0.3) is 0 Å². The largest absolute Gasteiger partial charge is 0.394 e. The zero-order valence-electron chi connectivity index (χ0n) is 12.7. The van der Waals surface area contributed by atoms with Crippen molar-refractivity contribution in [3.63, 3.8) is 0 Å². The standard InChI is InChI=1S/C15H22N2O6/c18-9-11-13(20)14(15(21)23-11)22-8-5-12(19)17-7-4-10-3-1-2-6-16-10/h1-3,6,11,13-15,18,20-21H,4-5,7-9H2,(H,17,19)/t11-,13+,14+,15-/m1/s1. The van der Waals surface area contributed by atoms with Gasteiger partial charge in [-0.2, -0.15) is 0 Å². The van der Waals surface area contributed by atoms with E-state index < -0.39 is 31.2 Å². The Hall–Kier alpha value is -1.58. The lowest BCUT2D eigenvalue weighted by Crippen LogP contribution is -2.37. The number of aliphatic hydroxyl groups excluding tert-OH is 3. The molecule has 0 saturated carbocycles. The summed E-state index contributed by atoms with van der Waals surface area (Å²) in [5, 5.41) is 31.0. The molecule has 8 heteroatoms. The summed E-state index contributed by atoms with van der Waals surface area (Å²) in [5.41, 5.74) is 0.897. The molecule has 0 unspecified atom stereocenters. The smallest absolute Gasteiger partial charge is 0.222 e. The number of carbonyl (C=O) groups is 1. The maximum Gasteiger partial charge on any atom is 0.222 e. The van der Waals surface area contributed by atoms with E-state index in [0.29, 0.717) is 13.0 Å². The molecule has 1 amide bonds. The number of nitrogens with one attached hydrogen (secondary N) is 1. The van der Waals surface area contributed by atoms with Gasteiger partial charge in [-0.05, 0) is 12.1 Å². The number of amides is 1. The fourth-order valence-electron chi connectivity index (χ4n) is 2.30. The Labute approximate surface area is 134 Å². The fraction of sp³-hybridized carbons (Fsp3) is 0.600. The second-order valence-corrected chi connectivity index (χ2v) is 5.24. The van der Waals surface area contributed by atoms with Gasteiger partial charge in [0.05, 0.1) is 13.2 Å². The first-order valence-corrected chi connectivity index (χ1v) is 7.52. The molecule has 1 aliphatic heterocycles. The van der Waals surface area contributed by atoms with Crippen molar-refractivity contribution in [1.82, 2.24) is 10.3 Å². The quantitative estimate of drug-likeness (QED) is 0.463. The van der Waals surface area contributed by atoms with Crippen molar-refractivity contribution in [2.75, 3.05) is 19.8 Å². The van der Waals surface area contributed by atoms with Crippen LogP contribution in [0, 0.1) is 0 Å². The number of rotatable bonds is 8. The van der Waals surface area contributed by atoms with Gasteiger partial charge in [0.15, 0.2) is 6.29 Å².